The van der Waals surface area contributed by atoms with Gasteiger partial charge in [0.1, 0.15) is 34.6 Å². The van der Waals surface area contributed by atoms with Crippen LogP contribution in [0.15, 0.2) is 84.3 Å². The van der Waals surface area contributed by atoms with Crippen LogP contribution < -0.4 is 24.7 Å². The highest BCUT2D eigenvalue weighted by atomic mass is 16.5. The van der Waals surface area contributed by atoms with E-state index in [9.17, 15) is 10.1 Å². The van der Waals surface area contributed by atoms with Gasteiger partial charge in [-0.2, -0.15) is 5.26 Å². The average Bonchev–Trinajstić information content (AvgIpc) is 2.87. The van der Waals surface area contributed by atoms with Gasteiger partial charge in [0, 0.05) is 17.7 Å². The van der Waals surface area contributed by atoms with Gasteiger partial charge in [-0.05, 0) is 54.5 Å². The summed E-state index contributed by atoms with van der Waals surface area (Å²) in [6.07, 6.45) is 2.99. The van der Waals surface area contributed by atoms with E-state index in [2.05, 4.69) is 6.07 Å². The van der Waals surface area contributed by atoms with Crippen molar-refractivity contribution in [2.75, 3.05) is 13.7 Å². The van der Waals surface area contributed by atoms with Crippen LogP contribution >= 0.6 is 0 Å². The molecular weight excluding hydrogens is 444 g/mol. The third-order valence-corrected chi connectivity index (χ3v) is 5.46. The fourth-order valence-corrected chi connectivity index (χ4v) is 3.79. The fourth-order valence-electron chi connectivity index (χ4n) is 3.79. The molecule has 0 spiro atoms. The van der Waals surface area contributed by atoms with Gasteiger partial charge in [-0.3, -0.25) is 0 Å². The molecule has 0 radical (unpaired) electrons. The van der Waals surface area contributed by atoms with E-state index in [1.165, 1.54) is 6.08 Å². The van der Waals surface area contributed by atoms with Crippen LogP contribution in [0.2, 0.25) is 0 Å². The summed E-state index contributed by atoms with van der Waals surface area (Å²) in [5.74, 6) is 1.25. The van der Waals surface area contributed by atoms with Gasteiger partial charge >= 0.3 is 5.97 Å². The van der Waals surface area contributed by atoms with E-state index in [0.29, 0.717) is 23.7 Å². The van der Waals surface area contributed by atoms with Gasteiger partial charge in [0.25, 0.3) is 0 Å². The molecule has 2 N–H and O–H groups in total. The Morgan fingerprint density at radius 3 is 2.40 bits per heavy atom. The summed E-state index contributed by atoms with van der Waals surface area (Å²) >= 11 is 0. The SMILES string of the molecule is CCOc1ccc(C2C(C#N)=C(N)Oc3cc(OC(=O)/C=C/c4ccc(OC)cc4)ccc32)cc1. The molecule has 3 aromatic rings. The van der Waals surface area contributed by atoms with Gasteiger partial charge in [-0.25, -0.2) is 4.79 Å². The Balaban J connectivity index is 1.55. The largest absolute Gasteiger partial charge is 0.497 e. The third-order valence-electron chi connectivity index (χ3n) is 5.46. The van der Waals surface area contributed by atoms with Crippen LogP contribution in [0.25, 0.3) is 6.08 Å². The van der Waals surface area contributed by atoms with Crippen LogP contribution in [0.5, 0.6) is 23.0 Å². The van der Waals surface area contributed by atoms with Crippen molar-refractivity contribution in [2.45, 2.75) is 12.8 Å². The lowest BCUT2D eigenvalue weighted by molar-refractivity contribution is -0.128. The minimum atomic E-state index is -0.541. The molecule has 0 saturated heterocycles. The number of benzene rings is 3. The molecule has 4 rings (SSSR count). The molecule has 0 aromatic heterocycles. The highest BCUT2D eigenvalue weighted by Crippen LogP contribution is 2.43. The van der Waals surface area contributed by atoms with E-state index in [0.717, 1.165) is 28.2 Å². The van der Waals surface area contributed by atoms with E-state index < -0.39 is 11.9 Å². The number of carbonyl (C=O) groups is 1. The number of nitrogens with two attached hydrogens (primary N) is 1. The maximum Gasteiger partial charge on any atom is 0.336 e. The molecule has 0 saturated carbocycles. The van der Waals surface area contributed by atoms with Gasteiger partial charge in [0.05, 0.1) is 19.6 Å². The predicted octanol–water partition coefficient (Wildman–Crippen LogP) is 4.93. The van der Waals surface area contributed by atoms with Crippen molar-refractivity contribution in [1.29, 1.82) is 5.26 Å². The molecule has 1 atom stereocenters. The van der Waals surface area contributed by atoms with E-state index in [1.54, 1.807) is 43.5 Å². The first-order valence-electron chi connectivity index (χ1n) is 11.0. The van der Waals surface area contributed by atoms with E-state index in [-0.39, 0.29) is 5.88 Å². The molecule has 0 fully saturated rings. The number of rotatable bonds is 7. The summed E-state index contributed by atoms with van der Waals surface area (Å²) in [4.78, 5) is 12.3. The maximum absolute atomic E-state index is 12.3. The number of hydrogen-bond donors (Lipinski definition) is 1. The number of nitrogens with zero attached hydrogens (tertiary/aromatic N) is 1. The summed E-state index contributed by atoms with van der Waals surface area (Å²) in [5, 5.41) is 9.74. The lowest BCUT2D eigenvalue weighted by Crippen LogP contribution is -2.21. The van der Waals surface area contributed by atoms with Crippen LogP contribution in [0.1, 0.15) is 29.5 Å². The number of nitriles is 1. The number of esters is 1. The van der Waals surface area contributed by atoms with Crippen molar-refractivity contribution >= 4 is 12.0 Å². The maximum atomic E-state index is 12.3. The molecule has 1 heterocycles. The standard InChI is InChI=1S/C28H24N2O5/c1-3-33-21-11-7-19(8-12-21)27-23-14-13-22(16-25(23)35-28(30)24(27)17-29)34-26(31)15-6-18-4-9-20(32-2)10-5-18/h4-16,27H,3,30H2,1-2H3/b15-6+. The second-order valence-corrected chi connectivity index (χ2v) is 7.65. The van der Waals surface area contributed by atoms with Gasteiger partial charge < -0.3 is 24.7 Å². The van der Waals surface area contributed by atoms with Crippen LogP contribution in [0.4, 0.5) is 0 Å². The summed E-state index contributed by atoms with van der Waals surface area (Å²) in [5.41, 5.74) is 8.83. The van der Waals surface area contributed by atoms with Crippen LogP contribution in [0.3, 0.4) is 0 Å². The highest BCUT2D eigenvalue weighted by molar-refractivity contribution is 5.88. The Morgan fingerprint density at radius 2 is 1.74 bits per heavy atom. The van der Waals surface area contributed by atoms with Crippen molar-refractivity contribution in [3.05, 3.63) is 101 Å². The van der Waals surface area contributed by atoms with Crippen molar-refractivity contribution < 1.29 is 23.7 Å². The predicted molar refractivity (Wildman–Crippen MR) is 131 cm³/mol. The molecular formula is C28H24N2O5. The van der Waals surface area contributed by atoms with Crippen molar-refractivity contribution in [1.82, 2.24) is 0 Å². The molecule has 7 heteroatoms. The number of hydrogen-bond acceptors (Lipinski definition) is 7. The normalized spacial score (nSPS) is 14.6. The van der Waals surface area contributed by atoms with Crippen molar-refractivity contribution in [2.24, 2.45) is 5.73 Å². The zero-order valence-corrected chi connectivity index (χ0v) is 19.4. The van der Waals surface area contributed by atoms with E-state index in [4.69, 9.17) is 24.7 Å². The van der Waals surface area contributed by atoms with Gasteiger partial charge in [-0.15, -0.1) is 0 Å². The van der Waals surface area contributed by atoms with Crippen molar-refractivity contribution in [3.63, 3.8) is 0 Å². The number of carbonyl (C=O) groups excluding carboxylic acids is 1. The fraction of sp³-hybridized carbons (Fsp3) is 0.143. The first kappa shape index (κ1) is 23.5. The molecule has 1 aliphatic rings. The number of allylic oxidation sites excluding steroid dienone is 1. The van der Waals surface area contributed by atoms with E-state index in [1.807, 2.05) is 43.3 Å². The Morgan fingerprint density at radius 1 is 1.06 bits per heavy atom. The Kier molecular flexibility index (Phi) is 7.03. The Hall–Kier alpha value is -4.70. The lowest BCUT2D eigenvalue weighted by Gasteiger charge is -2.26. The van der Waals surface area contributed by atoms with Gasteiger partial charge in [0.2, 0.25) is 5.88 Å². The zero-order chi connectivity index (χ0) is 24.8. The minimum Gasteiger partial charge on any atom is -0.497 e. The second kappa shape index (κ2) is 10.5. The van der Waals surface area contributed by atoms with Crippen molar-refractivity contribution in [3.8, 4) is 29.1 Å². The quantitative estimate of drug-likeness (QED) is 0.298. The molecule has 35 heavy (non-hydrogen) atoms. The van der Waals surface area contributed by atoms with Crippen LogP contribution in [0, 0.1) is 11.3 Å². The summed E-state index contributed by atoms with van der Waals surface area (Å²) in [6.45, 7) is 2.48. The Labute approximate surface area is 203 Å². The van der Waals surface area contributed by atoms with Gasteiger partial charge in [0.15, 0.2) is 0 Å². The van der Waals surface area contributed by atoms with E-state index >= 15 is 0 Å². The average molecular weight is 469 g/mol. The zero-order valence-electron chi connectivity index (χ0n) is 19.4. The lowest BCUT2D eigenvalue weighted by atomic mass is 9.83. The molecule has 1 aliphatic heterocycles. The summed E-state index contributed by atoms with van der Waals surface area (Å²) < 4.78 is 21.8. The molecule has 7 nitrogen and oxygen atoms in total. The topological polar surface area (TPSA) is 104 Å². The minimum absolute atomic E-state index is 0.0155. The van der Waals surface area contributed by atoms with Crippen LogP contribution in [-0.2, 0) is 4.79 Å². The summed E-state index contributed by atoms with van der Waals surface area (Å²) in [6, 6.07) is 22.0. The molecule has 1 unspecified atom stereocenters. The second-order valence-electron chi connectivity index (χ2n) is 7.65. The molecule has 176 valence electrons. The van der Waals surface area contributed by atoms with Gasteiger partial charge in [-0.1, -0.05) is 30.3 Å². The monoisotopic (exact) mass is 468 g/mol. The highest BCUT2D eigenvalue weighted by Gasteiger charge is 2.31. The third kappa shape index (κ3) is 5.28. The van der Waals surface area contributed by atoms with Crippen LogP contribution in [-0.4, -0.2) is 19.7 Å². The molecule has 0 aliphatic carbocycles. The smallest absolute Gasteiger partial charge is 0.336 e. The number of methoxy groups -OCH3 is 1. The first-order chi connectivity index (χ1) is 17.0. The number of ether oxygens (including phenoxy) is 4. The molecule has 0 bridgehead atoms. The molecule has 0 amide bonds. The first-order valence-corrected chi connectivity index (χ1v) is 11.0. The Bertz CT molecular complexity index is 1320. The number of fused-ring (bicyclic) bond motifs is 1. The summed E-state index contributed by atoms with van der Waals surface area (Å²) in [7, 11) is 1.59. The molecule has 3 aromatic carbocycles.